The lowest BCUT2D eigenvalue weighted by Gasteiger charge is -2.12. The molecule has 2 rings (SSSR count). The summed E-state index contributed by atoms with van der Waals surface area (Å²) in [6.07, 6.45) is 1.37. The number of hydrogen-bond donors (Lipinski definition) is 0. The van der Waals surface area contributed by atoms with Gasteiger partial charge in [0.2, 0.25) is 0 Å². The van der Waals surface area contributed by atoms with Crippen LogP contribution in [0.2, 0.25) is 0 Å². The minimum absolute atomic E-state index is 0.00491. The first kappa shape index (κ1) is 9.40. The molecule has 4 nitrogen and oxygen atoms in total. The van der Waals surface area contributed by atoms with Gasteiger partial charge < -0.3 is 4.74 Å². The fraction of sp³-hybridized carbons (Fsp3) is 0.600. The van der Waals surface area contributed by atoms with Crippen molar-refractivity contribution in [1.29, 1.82) is 0 Å². The van der Waals surface area contributed by atoms with Gasteiger partial charge in [0.1, 0.15) is 6.10 Å². The van der Waals surface area contributed by atoms with E-state index in [2.05, 4.69) is 0 Å². The maximum Gasteiger partial charge on any atom is 0.256 e. The average Bonchev–Trinajstić information content (AvgIpc) is 2.60. The minimum atomic E-state index is -0.223. The first-order valence-electron chi connectivity index (χ1n) is 4.64. The van der Waals surface area contributed by atoms with E-state index in [-0.39, 0.29) is 23.5 Å². The second-order valence-corrected chi connectivity index (χ2v) is 4.29. The summed E-state index contributed by atoms with van der Waals surface area (Å²) < 4.78 is 5.33. The molecule has 0 aromatic heterocycles. The summed E-state index contributed by atoms with van der Waals surface area (Å²) in [5.74, 6) is -0.417. The van der Waals surface area contributed by atoms with E-state index >= 15 is 0 Å². The van der Waals surface area contributed by atoms with E-state index in [9.17, 15) is 9.59 Å². The van der Waals surface area contributed by atoms with Crippen LogP contribution in [0.25, 0.3) is 0 Å². The monoisotopic (exact) mass is 195 g/mol. The second-order valence-electron chi connectivity index (χ2n) is 4.29. The van der Waals surface area contributed by atoms with Crippen molar-refractivity contribution in [3.8, 4) is 0 Å². The molecule has 0 saturated carbocycles. The molecule has 0 spiro atoms. The summed E-state index contributed by atoms with van der Waals surface area (Å²) in [5, 5.41) is 0. The highest BCUT2D eigenvalue weighted by molar-refractivity contribution is 6.15. The van der Waals surface area contributed by atoms with Crippen LogP contribution in [0.5, 0.6) is 0 Å². The molecule has 2 heterocycles. The van der Waals surface area contributed by atoms with E-state index < -0.39 is 0 Å². The van der Waals surface area contributed by atoms with Crippen LogP contribution in [0, 0.1) is 0 Å². The van der Waals surface area contributed by atoms with Crippen LogP contribution in [0.1, 0.15) is 20.8 Å². The van der Waals surface area contributed by atoms with Crippen molar-refractivity contribution in [1.82, 2.24) is 4.90 Å². The summed E-state index contributed by atoms with van der Waals surface area (Å²) in [6.45, 7) is 5.92. The van der Waals surface area contributed by atoms with Crippen molar-refractivity contribution >= 4 is 11.8 Å². The number of epoxide rings is 1. The Labute approximate surface area is 82.5 Å². The molecule has 1 unspecified atom stereocenters. The Morgan fingerprint density at radius 1 is 1.50 bits per heavy atom. The standard InChI is InChI=1S/C10H13NO3/c1-6-4-8(12)11(9(6)13)5-7-10(2,3)14-7/h4,7H,5H2,1-3H3. The van der Waals surface area contributed by atoms with Crippen LogP contribution in [0.3, 0.4) is 0 Å². The summed E-state index contributed by atoms with van der Waals surface area (Å²) in [7, 11) is 0. The minimum Gasteiger partial charge on any atom is -0.365 e. The molecule has 1 saturated heterocycles. The third-order valence-corrected chi connectivity index (χ3v) is 2.70. The number of amides is 2. The van der Waals surface area contributed by atoms with E-state index in [1.807, 2.05) is 13.8 Å². The van der Waals surface area contributed by atoms with Crippen molar-refractivity contribution in [2.24, 2.45) is 0 Å². The Morgan fingerprint density at radius 2 is 2.07 bits per heavy atom. The zero-order chi connectivity index (χ0) is 10.5. The van der Waals surface area contributed by atoms with Gasteiger partial charge >= 0.3 is 0 Å². The van der Waals surface area contributed by atoms with Crippen LogP contribution < -0.4 is 0 Å². The lowest BCUT2D eigenvalue weighted by molar-refractivity contribution is -0.137. The summed E-state index contributed by atoms with van der Waals surface area (Å²) in [4.78, 5) is 24.1. The molecule has 2 aliphatic heterocycles. The molecule has 0 aromatic rings. The fourth-order valence-corrected chi connectivity index (χ4v) is 1.57. The Kier molecular flexibility index (Phi) is 1.79. The van der Waals surface area contributed by atoms with Crippen LogP contribution in [-0.2, 0) is 14.3 Å². The average molecular weight is 195 g/mol. The molecular formula is C10H13NO3. The molecule has 0 N–H and O–H groups in total. The quantitative estimate of drug-likeness (QED) is 0.475. The summed E-state index contributed by atoms with van der Waals surface area (Å²) in [6, 6.07) is 0. The molecule has 2 aliphatic rings. The number of hydrogen-bond acceptors (Lipinski definition) is 3. The number of rotatable bonds is 2. The largest absolute Gasteiger partial charge is 0.365 e. The third kappa shape index (κ3) is 1.35. The van der Waals surface area contributed by atoms with E-state index in [1.54, 1.807) is 6.92 Å². The number of carbonyl (C=O) groups excluding carboxylic acids is 2. The van der Waals surface area contributed by atoms with Gasteiger partial charge in [-0.25, -0.2) is 0 Å². The number of imide groups is 1. The lowest BCUT2D eigenvalue weighted by Crippen LogP contribution is -2.35. The normalized spacial score (nSPS) is 29.5. The molecule has 4 heteroatoms. The van der Waals surface area contributed by atoms with Crippen molar-refractivity contribution in [2.45, 2.75) is 32.5 Å². The molecule has 76 valence electrons. The molecule has 0 bridgehead atoms. The van der Waals surface area contributed by atoms with E-state index in [0.717, 1.165) is 0 Å². The zero-order valence-electron chi connectivity index (χ0n) is 8.53. The van der Waals surface area contributed by atoms with E-state index in [1.165, 1.54) is 11.0 Å². The Morgan fingerprint density at radius 3 is 2.43 bits per heavy atom. The van der Waals surface area contributed by atoms with Gasteiger partial charge in [0.25, 0.3) is 11.8 Å². The van der Waals surface area contributed by atoms with Gasteiger partial charge in [0.15, 0.2) is 0 Å². The number of nitrogens with zero attached hydrogens (tertiary/aromatic N) is 1. The highest BCUT2D eigenvalue weighted by atomic mass is 16.6. The van der Waals surface area contributed by atoms with Gasteiger partial charge in [0.05, 0.1) is 12.1 Å². The van der Waals surface area contributed by atoms with Gasteiger partial charge in [-0.3, -0.25) is 14.5 Å². The van der Waals surface area contributed by atoms with Crippen LogP contribution >= 0.6 is 0 Å². The molecular weight excluding hydrogens is 182 g/mol. The van der Waals surface area contributed by atoms with Crippen LogP contribution in [0.15, 0.2) is 11.6 Å². The van der Waals surface area contributed by atoms with E-state index in [4.69, 9.17) is 4.74 Å². The molecule has 14 heavy (non-hydrogen) atoms. The van der Waals surface area contributed by atoms with Gasteiger partial charge in [-0.05, 0) is 20.8 Å². The van der Waals surface area contributed by atoms with Crippen molar-refractivity contribution in [2.75, 3.05) is 6.54 Å². The molecule has 1 atom stereocenters. The molecule has 0 radical (unpaired) electrons. The van der Waals surface area contributed by atoms with Crippen molar-refractivity contribution in [3.63, 3.8) is 0 Å². The molecule has 2 amide bonds. The lowest BCUT2D eigenvalue weighted by atomic mass is 10.1. The maximum atomic E-state index is 11.5. The third-order valence-electron chi connectivity index (χ3n) is 2.70. The van der Waals surface area contributed by atoms with Crippen molar-refractivity contribution in [3.05, 3.63) is 11.6 Å². The fourth-order valence-electron chi connectivity index (χ4n) is 1.57. The van der Waals surface area contributed by atoms with E-state index in [0.29, 0.717) is 12.1 Å². The first-order chi connectivity index (χ1) is 6.42. The van der Waals surface area contributed by atoms with Gasteiger partial charge in [0, 0.05) is 11.6 Å². The number of carbonyl (C=O) groups is 2. The highest BCUT2D eigenvalue weighted by Crippen LogP contribution is 2.36. The van der Waals surface area contributed by atoms with Gasteiger partial charge in [-0.1, -0.05) is 0 Å². The molecule has 1 fully saturated rings. The Hall–Kier alpha value is -1.16. The number of ether oxygens (including phenoxy) is 1. The first-order valence-corrected chi connectivity index (χ1v) is 4.64. The van der Waals surface area contributed by atoms with Crippen LogP contribution in [0.4, 0.5) is 0 Å². The maximum absolute atomic E-state index is 11.5. The molecule has 0 aliphatic carbocycles. The summed E-state index contributed by atoms with van der Waals surface area (Å²) in [5.41, 5.74) is 0.324. The van der Waals surface area contributed by atoms with Gasteiger partial charge in [-0.15, -0.1) is 0 Å². The Balaban J connectivity index is 2.01. The Bertz CT molecular complexity index is 343. The van der Waals surface area contributed by atoms with Gasteiger partial charge in [-0.2, -0.15) is 0 Å². The topological polar surface area (TPSA) is 49.9 Å². The zero-order valence-corrected chi connectivity index (χ0v) is 8.53. The predicted molar refractivity (Wildman–Crippen MR) is 49.4 cm³/mol. The molecule has 0 aromatic carbocycles. The smallest absolute Gasteiger partial charge is 0.256 e. The van der Waals surface area contributed by atoms with Crippen LogP contribution in [-0.4, -0.2) is 35.0 Å². The van der Waals surface area contributed by atoms with Crippen molar-refractivity contribution < 1.29 is 14.3 Å². The highest BCUT2D eigenvalue weighted by Gasteiger charge is 2.50. The second kappa shape index (κ2) is 2.67. The predicted octanol–water partition coefficient (Wildman–Crippen LogP) is 0.479. The summed E-state index contributed by atoms with van der Waals surface area (Å²) >= 11 is 0. The SMILES string of the molecule is CC1=CC(=O)N(CC2OC2(C)C)C1=O.